The summed E-state index contributed by atoms with van der Waals surface area (Å²) in [5, 5.41) is 2.68. The zero-order valence-corrected chi connectivity index (χ0v) is 19.3. The van der Waals surface area contributed by atoms with Crippen LogP contribution < -0.4 is 10.2 Å². The number of carbonyl (C=O) groups is 2. The molecule has 0 aliphatic carbocycles. The Bertz CT molecular complexity index is 1280. The Morgan fingerprint density at radius 3 is 2.56 bits per heavy atom. The molecule has 3 aromatic rings. The maximum Gasteiger partial charge on any atom is 0.416 e. The zero-order chi connectivity index (χ0) is 25.7. The van der Waals surface area contributed by atoms with Gasteiger partial charge in [0, 0.05) is 30.4 Å². The molecule has 0 radical (unpaired) electrons. The van der Waals surface area contributed by atoms with Crippen LogP contribution in [0.5, 0.6) is 0 Å². The number of halogens is 3. The van der Waals surface area contributed by atoms with E-state index >= 15 is 0 Å². The van der Waals surface area contributed by atoms with Crippen LogP contribution in [0.25, 0.3) is 17.4 Å². The molecule has 4 rings (SSSR count). The fourth-order valence-electron chi connectivity index (χ4n) is 3.76. The first kappa shape index (κ1) is 25.1. The normalized spacial score (nSPS) is 14.2. The van der Waals surface area contributed by atoms with Crippen molar-refractivity contribution in [3.8, 4) is 11.3 Å². The molecule has 0 bridgehead atoms. The number of furan rings is 1. The molecule has 7 nitrogen and oxygen atoms in total. The third-order valence-corrected chi connectivity index (χ3v) is 5.52. The van der Waals surface area contributed by atoms with Crippen molar-refractivity contribution in [3.05, 3.63) is 77.6 Å². The number of alkyl halides is 3. The van der Waals surface area contributed by atoms with E-state index in [9.17, 15) is 22.8 Å². The lowest BCUT2D eigenvalue weighted by Gasteiger charge is -2.30. The summed E-state index contributed by atoms with van der Waals surface area (Å²) in [4.78, 5) is 26.8. The Kier molecular flexibility index (Phi) is 7.44. The van der Waals surface area contributed by atoms with Gasteiger partial charge in [-0.15, -0.1) is 0 Å². The molecule has 1 amide bonds. The molecule has 0 saturated carbocycles. The third-order valence-electron chi connectivity index (χ3n) is 5.52. The van der Waals surface area contributed by atoms with Crippen LogP contribution in [-0.4, -0.2) is 45.3 Å². The molecule has 1 saturated heterocycles. The van der Waals surface area contributed by atoms with E-state index in [1.54, 1.807) is 24.3 Å². The van der Waals surface area contributed by atoms with Gasteiger partial charge in [-0.25, -0.2) is 4.79 Å². The SMILES string of the molecule is COC(=O)c1cc(NC(=O)/C=C/c2ccc(-c3cccc(C(F)(F)F)c3)o2)ccc1N1CCOCC1. The lowest BCUT2D eigenvalue weighted by molar-refractivity contribution is -0.137. The van der Waals surface area contributed by atoms with Crippen LogP contribution >= 0.6 is 0 Å². The van der Waals surface area contributed by atoms with E-state index in [2.05, 4.69) is 5.32 Å². The fourth-order valence-corrected chi connectivity index (χ4v) is 3.76. The first-order valence-electron chi connectivity index (χ1n) is 11.1. The molecule has 0 atom stereocenters. The number of ether oxygens (including phenoxy) is 2. The Morgan fingerprint density at radius 2 is 1.83 bits per heavy atom. The van der Waals surface area contributed by atoms with Gasteiger partial charge in [-0.2, -0.15) is 13.2 Å². The molecule has 188 valence electrons. The van der Waals surface area contributed by atoms with Crippen LogP contribution in [0.1, 0.15) is 21.7 Å². The van der Waals surface area contributed by atoms with Crippen molar-refractivity contribution >= 4 is 29.3 Å². The fraction of sp³-hybridized carbons (Fsp3) is 0.231. The van der Waals surface area contributed by atoms with Gasteiger partial charge < -0.3 is 24.1 Å². The molecule has 36 heavy (non-hydrogen) atoms. The number of morpholine rings is 1. The Morgan fingerprint density at radius 1 is 1.06 bits per heavy atom. The van der Waals surface area contributed by atoms with Crippen molar-refractivity contribution in [1.82, 2.24) is 0 Å². The van der Waals surface area contributed by atoms with Crippen LogP contribution in [0.15, 0.2) is 65.1 Å². The van der Waals surface area contributed by atoms with Gasteiger partial charge in [0.2, 0.25) is 5.91 Å². The van der Waals surface area contributed by atoms with E-state index < -0.39 is 23.6 Å². The summed E-state index contributed by atoms with van der Waals surface area (Å²) in [6.07, 6.45) is -1.84. The van der Waals surface area contributed by atoms with Crippen LogP contribution in [-0.2, 0) is 20.4 Å². The van der Waals surface area contributed by atoms with Crippen LogP contribution in [0, 0.1) is 0 Å². The number of nitrogens with zero attached hydrogens (tertiary/aromatic N) is 1. The zero-order valence-electron chi connectivity index (χ0n) is 19.3. The molecule has 2 heterocycles. The highest BCUT2D eigenvalue weighted by Crippen LogP contribution is 2.33. The van der Waals surface area contributed by atoms with E-state index in [0.29, 0.717) is 43.2 Å². The number of nitrogens with one attached hydrogen (secondary N) is 1. The van der Waals surface area contributed by atoms with Gasteiger partial charge in [-0.05, 0) is 48.5 Å². The Labute approximate surface area is 205 Å². The van der Waals surface area contributed by atoms with Crippen LogP contribution in [0.3, 0.4) is 0 Å². The highest BCUT2D eigenvalue weighted by Gasteiger charge is 2.30. The molecular formula is C26H23F3N2O5. The average molecular weight is 500 g/mol. The van der Waals surface area contributed by atoms with Crippen molar-refractivity contribution in [3.63, 3.8) is 0 Å². The molecule has 2 aromatic carbocycles. The standard InChI is InChI=1S/C26H23F3N2O5/c1-34-25(33)21-16-19(5-8-22(21)31-11-13-35-14-12-31)30-24(32)10-7-20-6-9-23(36-20)17-3-2-4-18(15-17)26(27,28)29/h2-10,15-16H,11-14H2,1H3,(H,30,32)/b10-7+. The smallest absolute Gasteiger partial charge is 0.416 e. The molecular weight excluding hydrogens is 477 g/mol. The van der Waals surface area contributed by atoms with Gasteiger partial charge in [-0.1, -0.05) is 12.1 Å². The van der Waals surface area contributed by atoms with Crippen LogP contribution in [0.4, 0.5) is 24.5 Å². The number of esters is 1. The Balaban J connectivity index is 1.45. The maximum absolute atomic E-state index is 13.0. The highest BCUT2D eigenvalue weighted by molar-refractivity contribution is 6.03. The summed E-state index contributed by atoms with van der Waals surface area (Å²) in [6.45, 7) is 2.35. The largest absolute Gasteiger partial charge is 0.465 e. The number of carbonyl (C=O) groups excluding carboxylic acids is 2. The minimum atomic E-state index is -4.46. The number of rotatable bonds is 6. The van der Waals surface area contributed by atoms with E-state index in [-0.39, 0.29) is 17.1 Å². The van der Waals surface area contributed by atoms with Crippen molar-refractivity contribution in [2.45, 2.75) is 6.18 Å². The molecule has 1 aromatic heterocycles. The number of anilines is 2. The van der Waals surface area contributed by atoms with Gasteiger partial charge in [0.05, 0.1) is 37.1 Å². The summed E-state index contributed by atoms with van der Waals surface area (Å²) >= 11 is 0. The second kappa shape index (κ2) is 10.7. The van der Waals surface area contributed by atoms with E-state index in [0.717, 1.165) is 12.1 Å². The second-order valence-electron chi connectivity index (χ2n) is 7.93. The average Bonchev–Trinajstić information content (AvgIpc) is 3.36. The molecule has 1 N–H and O–H groups in total. The minimum absolute atomic E-state index is 0.238. The highest BCUT2D eigenvalue weighted by atomic mass is 19.4. The Hall–Kier alpha value is -4.05. The summed E-state index contributed by atoms with van der Waals surface area (Å²) < 4.78 is 54.7. The first-order chi connectivity index (χ1) is 17.2. The molecule has 1 aliphatic rings. The van der Waals surface area contributed by atoms with Gasteiger partial charge >= 0.3 is 12.1 Å². The van der Waals surface area contributed by atoms with Crippen molar-refractivity contribution in [2.75, 3.05) is 43.6 Å². The topological polar surface area (TPSA) is 81.0 Å². The third kappa shape index (κ3) is 5.95. The molecule has 1 fully saturated rings. The van der Waals surface area contributed by atoms with Gasteiger partial charge in [-0.3, -0.25) is 4.79 Å². The second-order valence-corrected chi connectivity index (χ2v) is 7.93. The monoisotopic (exact) mass is 500 g/mol. The van der Waals surface area contributed by atoms with E-state index in [1.807, 2.05) is 4.90 Å². The van der Waals surface area contributed by atoms with E-state index in [1.165, 1.54) is 37.5 Å². The first-order valence-corrected chi connectivity index (χ1v) is 11.1. The number of benzene rings is 2. The number of methoxy groups -OCH3 is 1. The summed E-state index contributed by atoms with van der Waals surface area (Å²) in [7, 11) is 1.29. The van der Waals surface area contributed by atoms with Gasteiger partial charge in [0.25, 0.3) is 0 Å². The lowest BCUT2D eigenvalue weighted by Crippen LogP contribution is -2.37. The molecule has 0 unspecified atom stereocenters. The maximum atomic E-state index is 13.0. The molecule has 1 aliphatic heterocycles. The summed E-state index contributed by atoms with van der Waals surface area (Å²) in [5.74, 6) is -0.485. The minimum Gasteiger partial charge on any atom is -0.465 e. The lowest BCUT2D eigenvalue weighted by atomic mass is 10.1. The quantitative estimate of drug-likeness (QED) is 0.368. The van der Waals surface area contributed by atoms with Crippen molar-refractivity contribution < 1.29 is 36.7 Å². The number of hydrogen-bond donors (Lipinski definition) is 1. The number of hydrogen-bond acceptors (Lipinski definition) is 6. The predicted molar refractivity (Wildman–Crippen MR) is 128 cm³/mol. The number of amides is 1. The van der Waals surface area contributed by atoms with Crippen molar-refractivity contribution in [2.24, 2.45) is 0 Å². The van der Waals surface area contributed by atoms with Crippen LogP contribution in [0.2, 0.25) is 0 Å². The van der Waals surface area contributed by atoms with Gasteiger partial charge in [0.1, 0.15) is 11.5 Å². The predicted octanol–water partition coefficient (Wildman–Crippen LogP) is 5.24. The molecule has 0 spiro atoms. The summed E-state index contributed by atoms with van der Waals surface area (Å²) in [6, 6.07) is 12.8. The summed E-state index contributed by atoms with van der Waals surface area (Å²) in [5.41, 5.74) is 0.893. The van der Waals surface area contributed by atoms with Gasteiger partial charge in [0.15, 0.2) is 0 Å². The van der Waals surface area contributed by atoms with E-state index in [4.69, 9.17) is 13.9 Å². The molecule has 10 heteroatoms. The van der Waals surface area contributed by atoms with Crippen molar-refractivity contribution in [1.29, 1.82) is 0 Å².